The van der Waals surface area contributed by atoms with Gasteiger partial charge in [0.25, 0.3) is 0 Å². The van der Waals surface area contributed by atoms with E-state index in [1.165, 1.54) is 17.7 Å². The van der Waals surface area contributed by atoms with Crippen molar-refractivity contribution in [2.75, 3.05) is 0 Å². The first kappa shape index (κ1) is 13.4. The summed E-state index contributed by atoms with van der Waals surface area (Å²) in [4.78, 5) is 25.3. The average Bonchev–Trinajstić information content (AvgIpc) is 2.19. The van der Waals surface area contributed by atoms with Crippen LogP contribution >= 0.6 is 0 Å². The molecule has 0 aromatic rings. The van der Waals surface area contributed by atoms with Crippen LogP contribution in [0.3, 0.4) is 0 Å². The molecule has 4 nitrogen and oxygen atoms in total. The molecule has 0 radical (unpaired) electrons. The van der Waals surface area contributed by atoms with E-state index in [1.54, 1.807) is 0 Å². The Labute approximate surface area is 109 Å². The molecule has 2 aliphatic rings. The van der Waals surface area contributed by atoms with Gasteiger partial charge in [-0.15, -0.1) is 0 Å². The summed E-state index contributed by atoms with van der Waals surface area (Å²) in [5.74, 6) is 0.0361. The fourth-order valence-corrected chi connectivity index (χ4v) is 2.86. The maximum absolute atomic E-state index is 12.0. The largest absolute Gasteiger partial charge is 0.443 e. The van der Waals surface area contributed by atoms with Crippen LogP contribution in [0.25, 0.3) is 0 Å². The van der Waals surface area contributed by atoms with Crippen molar-refractivity contribution in [2.24, 2.45) is 5.92 Å². The molecule has 1 heterocycles. The number of carbonyl (C=O) groups excluding carboxylic acids is 2. The van der Waals surface area contributed by atoms with Gasteiger partial charge in [-0.3, -0.25) is 4.79 Å². The lowest BCUT2D eigenvalue weighted by atomic mass is 9.78. The highest BCUT2D eigenvalue weighted by molar-refractivity contribution is 5.99. The third kappa shape index (κ3) is 2.68. The number of carbonyl (C=O) groups is 2. The summed E-state index contributed by atoms with van der Waals surface area (Å²) in [6, 6.07) is 0.0904. The highest BCUT2D eigenvalue weighted by atomic mass is 16.6. The van der Waals surface area contributed by atoms with Crippen molar-refractivity contribution in [3.05, 3.63) is 0 Å². The molecule has 2 fully saturated rings. The molecule has 1 aliphatic heterocycles. The van der Waals surface area contributed by atoms with Crippen molar-refractivity contribution < 1.29 is 14.3 Å². The second kappa shape index (κ2) is 4.90. The SMILES string of the molecule is CC(C)(C)OC(=O)N1C(=O)C2CCCCCCC21. The summed E-state index contributed by atoms with van der Waals surface area (Å²) in [5, 5.41) is 0. The van der Waals surface area contributed by atoms with Gasteiger partial charge in [-0.05, 0) is 33.6 Å². The van der Waals surface area contributed by atoms with Crippen LogP contribution in [0.15, 0.2) is 0 Å². The van der Waals surface area contributed by atoms with E-state index in [4.69, 9.17) is 4.74 Å². The van der Waals surface area contributed by atoms with Crippen molar-refractivity contribution in [1.29, 1.82) is 0 Å². The molecule has 0 aromatic carbocycles. The zero-order valence-electron chi connectivity index (χ0n) is 11.6. The molecular weight excluding hydrogens is 230 g/mol. The minimum absolute atomic E-state index is 0.0313. The van der Waals surface area contributed by atoms with Gasteiger partial charge in [0.2, 0.25) is 5.91 Å². The number of amides is 2. The molecule has 1 saturated heterocycles. The average molecular weight is 253 g/mol. The predicted octanol–water partition coefficient (Wildman–Crippen LogP) is 3.10. The third-order valence-corrected chi connectivity index (χ3v) is 3.71. The van der Waals surface area contributed by atoms with E-state index in [0.29, 0.717) is 0 Å². The van der Waals surface area contributed by atoms with Crippen LogP contribution in [0.5, 0.6) is 0 Å². The maximum Gasteiger partial charge on any atom is 0.417 e. The van der Waals surface area contributed by atoms with Gasteiger partial charge >= 0.3 is 6.09 Å². The first-order chi connectivity index (χ1) is 8.40. The van der Waals surface area contributed by atoms with Crippen LogP contribution < -0.4 is 0 Å². The quantitative estimate of drug-likeness (QED) is 0.623. The van der Waals surface area contributed by atoms with Gasteiger partial charge in [0.1, 0.15) is 5.60 Å². The number of fused-ring (bicyclic) bond motifs is 1. The minimum Gasteiger partial charge on any atom is -0.443 e. The summed E-state index contributed by atoms with van der Waals surface area (Å²) < 4.78 is 5.30. The molecule has 1 aliphatic carbocycles. The molecule has 0 bridgehead atoms. The zero-order chi connectivity index (χ0) is 13.3. The Morgan fingerprint density at radius 2 is 1.78 bits per heavy atom. The number of ether oxygens (including phenoxy) is 1. The molecule has 2 atom stereocenters. The smallest absolute Gasteiger partial charge is 0.417 e. The molecule has 102 valence electrons. The number of hydrogen-bond acceptors (Lipinski definition) is 3. The number of likely N-dealkylation sites (tertiary alicyclic amines) is 1. The Balaban J connectivity index is 2.01. The van der Waals surface area contributed by atoms with Crippen LogP contribution in [0.1, 0.15) is 59.3 Å². The molecule has 1 saturated carbocycles. The molecule has 2 unspecified atom stereocenters. The highest BCUT2D eigenvalue weighted by Crippen LogP contribution is 2.37. The van der Waals surface area contributed by atoms with Gasteiger partial charge in [-0.1, -0.05) is 25.7 Å². The lowest BCUT2D eigenvalue weighted by molar-refractivity contribution is -0.155. The van der Waals surface area contributed by atoms with Crippen molar-refractivity contribution >= 4 is 12.0 Å². The lowest BCUT2D eigenvalue weighted by Gasteiger charge is -2.46. The Bertz CT molecular complexity index is 345. The number of rotatable bonds is 0. The van der Waals surface area contributed by atoms with Crippen LogP contribution in [0.2, 0.25) is 0 Å². The molecule has 0 spiro atoms. The van der Waals surface area contributed by atoms with Crippen LogP contribution in [0, 0.1) is 5.92 Å². The van der Waals surface area contributed by atoms with Gasteiger partial charge in [0.05, 0.1) is 12.0 Å². The standard InChI is InChI=1S/C14H23NO3/c1-14(2,3)18-13(17)15-11-9-7-5-4-6-8-10(11)12(15)16/h10-11H,4-9H2,1-3H3. The molecule has 0 N–H and O–H groups in total. The molecule has 2 rings (SSSR count). The molecule has 0 aromatic heterocycles. The van der Waals surface area contributed by atoms with Gasteiger partial charge < -0.3 is 4.74 Å². The van der Waals surface area contributed by atoms with Gasteiger partial charge in [-0.25, -0.2) is 9.69 Å². The van der Waals surface area contributed by atoms with Crippen LogP contribution in [-0.4, -0.2) is 28.5 Å². The molecular formula is C14H23NO3. The highest BCUT2D eigenvalue weighted by Gasteiger charge is 2.51. The van der Waals surface area contributed by atoms with Crippen molar-refractivity contribution in [1.82, 2.24) is 4.90 Å². The first-order valence-corrected chi connectivity index (χ1v) is 6.96. The predicted molar refractivity (Wildman–Crippen MR) is 68.1 cm³/mol. The van der Waals surface area contributed by atoms with Gasteiger partial charge in [0.15, 0.2) is 0 Å². The summed E-state index contributed by atoms with van der Waals surface area (Å²) in [6.07, 6.45) is 6.04. The number of imide groups is 1. The summed E-state index contributed by atoms with van der Waals surface area (Å²) in [6.45, 7) is 5.47. The Morgan fingerprint density at radius 1 is 1.17 bits per heavy atom. The first-order valence-electron chi connectivity index (χ1n) is 6.96. The maximum atomic E-state index is 12.0. The summed E-state index contributed by atoms with van der Waals surface area (Å²) in [5.41, 5.74) is -0.538. The van der Waals surface area contributed by atoms with Gasteiger partial charge in [-0.2, -0.15) is 0 Å². The van der Waals surface area contributed by atoms with Crippen LogP contribution in [-0.2, 0) is 9.53 Å². The van der Waals surface area contributed by atoms with E-state index in [-0.39, 0.29) is 17.9 Å². The fraction of sp³-hybridized carbons (Fsp3) is 0.857. The lowest BCUT2D eigenvalue weighted by Crippen LogP contribution is -2.63. The van der Waals surface area contributed by atoms with E-state index in [9.17, 15) is 9.59 Å². The molecule has 18 heavy (non-hydrogen) atoms. The second-order valence-electron chi connectivity index (χ2n) is 6.35. The molecule has 2 amide bonds. The van der Waals surface area contributed by atoms with Crippen LogP contribution in [0.4, 0.5) is 4.79 Å². The number of nitrogens with zero attached hydrogens (tertiary/aromatic N) is 1. The van der Waals surface area contributed by atoms with E-state index in [1.807, 2.05) is 20.8 Å². The van der Waals surface area contributed by atoms with Crippen molar-refractivity contribution in [3.63, 3.8) is 0 Å². The summed E-state index contributed by atoms with van der Waals surface area (Å²) in [7, 11) is 0. The van der Waals surface area contributed by atoms with Crippen molar-refractivity contribution in [3.8, 4) is 0 Å². The monoisotopic (exact) mass is 253 g/mol. The minimum atomic E-state index is -0.538. The van der Waals surface area contributed by atoms with E-state index < -0.39 is 11.7 Å². The molecule has 4 heteroatoms. The fourth-order valence-electron chi connectivity index (χ4n) is 2.86. The van der Waals surface area contributed by atoms with Crippen molar-refractivity contribution in [2.45, 2.75) is 70.9 Å². The van der Waals surface area contributed by atoms with E-state index in [2.05, 4.69) is 0 Å². The Hall–Kier alpha value is -1.06. The number of β-lactam (4-membered cyclic amide) rings is 1. The summed E-state index contributed by atoms with van der Waals surface area (Å²) >= 11 is 0. The van der Waals surface area contributed by atoms with E-state index >= 15 is 0 Å². The topological polar surface area (TPSA) is 46.6 Å². The van der Waals surface area contributed by atoms with E-state index in [0.717, 1.165) is 25.7 Å². The Kier molecular flexibility index (Phi) is 3.64. The third-order valence-electron chi connectivity index (χ3n) is 3.71. The zero-order valence-corrected chi connectivity index (χ0v) is 11.6. The Morgan fingerprint density at radius 3 is 2.39 bits per heavy atom. The second-order valence-corrected chi connectivity index (χ2v) is 6.35. The van der Waals surface area contributed by atoms with Gasteiger partial charge in [0, 0.05) is 0 Å². The normalized spacial score (nSPS) is 28.8. The number of hydrogen-bond donors (Lipinski definition) is 0.